The molecule has 1 fully saturated rings. The van der Waals surface area contributed by atoms with Crippen LogP contribution in [0.15, 0.2) is 30.3 Å². The first-order chi connectivity index (χ1) is 9.79. The average Bonchev–Trinajstić information content (AvgIpc) is 2.49. The van der Waals surface area contributed by atoms with Crippen LogP contribution in [-0.4, -0.2) is 37.9 Å². The molecule has 1 aromatic carbocycles. The van der Waals surface area contributed by atoms with E-state index in [1.807, 2.05) is 37.3 Å². The van der Waals surface area contributed by atoms with Gasteiger partial charge < -0.3 is 20.1 Å². The molecule has 5 nitrogen and oxygen atoms in total. The third kappa shape index (κ3) is 4.51. The number of ether oxygens (including phenoxy) is 2. The highest BCUT2D eigenvalue weighted by Crippen LogP contribution is 2.09. The molecule has 1 aliphatic rings. The van der Waals surface area contributed by atoms with Crippen LogP contribution in [0.2, 0.25) is 0 Å². The van der Waals surface area contributed by atoms with E-state index in [0.29, 0.717) is 6.61 Å². The van der Waals surface area contributed by atoms with Gasteiger partial charge in [0.25, 0.3) is 0 Å². The Hall–Kier alpha value is -1.59. The molecule has 0 spiro atoms. The van der Waals surface area contributed by atoms with Crippen molar-refractivity contribution < 1.29 is 14.3 Å². The topological polar surface area (TPSA) is 59.6 Å². The van der Waals surface area contributed by atoms with E-state index in [9.17, 15) is 4.79 Å². The molecule has 1 aromatic rings. The van der Waals surface area contributed by atoms with Gasteiger partial charge in [-0.25, -0.2) is 4.79 Å². The Morgan fingerprint density at radius 1 is 1.40 bits per heavy atom. The predicted octanol–water partition coefficient (Wildman–Crippen LogP) is 1.68. The van der Waals surface area contributed by atoms with Crippen LogP contribution < -0.4 is 10.6 Å². The molecule has 110 valence electrons. The van der Waals surface area contributed by atoms with Crippen molar-refractivity contribution in [3.63, 3.8) is 0 Å². The highest BCUT2D eigenvalue weighted by molar-refractivity contribution is 5.67. The summed E-state index contributed by atoms with van der Waals surface area (Å²) in [5.74, 6) is 0. The molecular formula is C15H22N2O3. The Morgan fingerprint density at radius 2 is 2.20 bits per heavy atom. The zero-order chi connectivity index (χ0) is 14.2. The Bertz CT molecular complexity index is 409. The van der Waals surface area contributed by atoms with E-state index in [4.69, 9.17) is 9.47 Å². The van der Waals surface area contributed by atoms with Gasteiger partial charge in [-0.3, -0.25) is 0 Å². The Balaban J connectivity index is 1.78. The van der Waals surface area contributed by atoms with Crippen LogP contribution in [0.5, 0.6) is 0 Å². The van der Waals surface area contributed by atoms with Gasteiger partial charge in [0.15, 0.2) is 0 Å². The third-order valence-electron chi connectivity index (χ3n) is 3.32. The van der Waals surface area contributed by atoms with Gasteiger partial charge in [-0.1, -0.05) is 30.3 Å². The first kappa shape index (κ1) is 14.8. The predicted molar refractivity (Wildman–Crippen MR) is 76.5 cm³/mol. The van der Waals surface area contributed by atoms with Crippen molar-refractivity contribution in [2.75, 3.05) is 19.7 Å². The minimum atomic E-state index is -0.384. The maximum atomic E-state index is 11.8. The molecule has 1 amide bonds. The van der Waals surface area contributed by atoms with E-state index in [-0.39, 0.29) is 24.8 Å². The molecular weight excluding hydrogens is 256 g/mol. The fourth-order valence-electron chi connectivity index (χ4n) is 2.30. The summed E-state index contributed by atoms with van der Waals surface area (Å²) in [5.41, 5.74) is 0.981. The molecule has 1 saturated heterocycles. The summed E-state index contributed by atoms with van der Waals surface area (Å²) in [6, 6.07) is 9.66. The maximum Gasteiger partial charge on any atom is 0.407 e. The molecule has 2 atom stereocenters. The number of rotatable bonds is 5. The van der Waals surface area contributed by atoms with Crippen LogP contribution >= 0.6 is 0 Å². The third-order valence-corrected chi connectivity index (χ3v) is 3.32. The smallest absolute Gasteiger partial charge is 0.407 e. The van der Waals surface area contributed by atoms with Crippen molar-refractivity contribution in [3.05, 3.63) is 35.9 Å². The van der Waals surface area contributed by atoms with Crippen LogP contribution in [0.3, 0.4) is 0 Å². The normalized spacial score (nSPS) is 22.2. The lowest BCUT2D eigenvalue weighted by Gasteiger charge is -2.32. The number of carbonyl (C=O) groups excluding carboxylic acids is 1. The van der Waals surface area contributed by atoms with Crippen molar-refractivity contribution in [1.29, 1.82) is 0 Å². The number of hydrogen-bond acceptors (Lipinski definition) is 4. The van der Waals surface area contributed by atoms with Gasteiger partial charge >= 0.3 is 6.09 Å². The van der Waals surface area contributed by atoms with Crippen LogP contribution in [0.25, 0.3) is 0 Å². The molecule has 0 radical (unpaired) electrons. The first-order valence-electron chi connectivity index (χ1n) is 7.09. The Kier molecular flexibility index (Phi) is 5.83. The number of nitrogens with one attached hydrogen (secondary N) is 2. The summed E-state index contributed by atoms with van der Waals surface area (Å²) in [6.45, 7) is 4.53. The van der Waals surface area contributed by atoms with Crippen molar-refractivity contribution in [3.8, 4) is 0 Å². The zero-order valence-corrected chi connectivity index (χ0v) is 11.8. The molecule has 20 heavy (non-hydrogen) atoms. The largest absolute Gasteiger partial charge is 0.445 e. The molecule has 0 saturated carbocycles. The summed E-state index contributed by atoms with van der Waals surface area (Å²) in [4.78, 5) is 11.8. The second kappa shape index (κ2) is 7.87. The number of hydrogen-bond donors (Lipinski definition) is 2. The number of alkyl carbamates (subject to hydrolysis) is 1. The van der Waals surface area contributed by atoms with E-state index in [0.717, 1.165) is 25.1 Å². The van der Waals surface area contributed by atoms with Gasteiger partial charge in [0.2, 0.25) is 0 Å². The van der Waals surface area contributed by atoms with E-state index >= 15 is 0 Å². The van der Waals surface area contributed by atoms with Crippen molar-refractivity contribution in [2.24, 2.45) is 0 Å². The minimum Gasteiger partial charge on any atom is -0.445 e. The lowest BCUT2D eigenvalue weighted by molar-refractivity contribution is 0.0195. The molecule has 2 N–H and O–H groups in total. The summed E-state index contributed by atoms with van der Waals surface area (Å²) >= 11 is 0. The second-order valence-electron chi connectivity index (χ2n) is 4.80. The Labute approximate surface area is 119 Å². The number of piperidine rings is 1. The van der Waals surface area contributed by atoms with Crippen LogP contribution in [0, 0.1) is 0 Å². The van der Waals surface area contributed by atoms with E-state index in [1.54, 1.807) is 0 Å². The van der Waals surface area contributed by atoms with E-state index in [2.05, 4.69) is 10.6 Å². The van der Waals surface area contributed by atoms with Gasteiger partial charge in [-0.15, -0.1) is 0 Å². The fraction of sp³-hybridized carbons (Fsp3) is 0.533. The SMILES string of the molecule is CCO[C@@H]1CNCC[C@@H]1NC(=O)OCc1ccccc1. The lowest BCUT2D eigenvalue weighted by atomic mass is 10.0. The zero-order valence-electron chi connectivity index (χ0n) is 11.8. The van der Waals surface area contributed by atoms with Gasteiger partial charge in [-0.05, 0) is 25.5 Å². The maximum absolute atomic E-state index is 11.8. The van der Waals surface area contributed by atoms with E-state index < -0.39 is 0 Å². The van der Waals surface area contributed by atoms with Gasteiger partial charge in [0.1, 0.15) is 6.61 Å². The molecule has 0 bridgehead atoms. The van der Waals surface area contributed by atoms with Crippen molar-refractivity contribution in [2.45, 2.75) is 32.1 Å². The molecule has 1 aliphatic heterocycles. The molecule has 0 aliphatic carbocycles. The summed E-state index contributed by atoms with van der Waals surface area (Å²) in [5, 5.41) is 6.16. The van der Waals surface area contributed by atoms with Crippen LogP contribution in [-0.2, 0) is 16.1 Å². The summed E-state index contributed by atoms with van der Waals surface area (Å²) in [6.07, 6.45) is 0.481. The second-order valence-corrected chi connectivity index (χ2v) is 4.80. The number of amides is 1. The highest BCUT2D eigenvalue weighted by atomic mass is 16.5. The molecule has 0 aromatic heterocycles. The van der Waals surface area contributed by atoms with Gasteiger partial charge in [0.05, 0.1) is 12.1 Å². The molecule has 1 heterocycles. The average molecular weight is 278 g/mol. The molecule has 2 rings (SSSR count). The molecule has 0 unspecified atom stereocenters. The van der Waals surface area contributed by atoms with Crippen molar-refractivity contribution in [1.82, 2.24) is 10.6 Å². The lowest BCUT2D eigenvalue weighted by Crippen LogP contribution is -2.53. The standard InChI is InChI=1S/C15H22N2O3/c1-2-19-14-10-16-9-8-13(14)17-15(18)20-11-12-6-4-3-5-7-12/h3-7,13-14,16H,2,8-11H2,1H3,(H,17,18)/t13-,14+/m0/s1. The van der Waals surface area contributed by atoms with Crippen molar-refractivity contribution >= 4 is 6.09 Å². The Morgan fingerprint density at radius 3 is 2.95 bits per heavy atom. The highest BCUT2D eigenvalue weighted by Gasteiger charge is 2.27. The summed E-state index contributed by atoms with van der Waals surface area (Å²) < 4.78 is 10.9. The quantitative estimate of drug-likeness (QED) is 0.860. The van der Waals surface area contributed by atoms with Gasteiger partial charge in [-0.2, -0.15) is 0 Å². The van der Waals surface area contributed by atoms with Gasteiger partial charge in [0, 0.05) is 13.2 Å². The number of benzene rings is 1. The monoisotopic (exact) mass is 278 g/mol. The number of carbonyl (C=O) groups is 1. The minimum absolute atomic E-state index is 0.0121. The molecule has 5 heteroatoms. The summed E-state index contributed by atoms with van der Waals surface area (Å²) in [7, 11) is 0. The van der Waals surface area contributed by atoms with Crippen LogP contribution in [0.4, 0.5) is 4.79 Å². The van der Waals surface area contributed by atoms with Crippen LogP contribution in [0.1, 0.15) is 18.9 Å². The fourth-order valence-corrected chi connectivity index (χ4v) is 2.30. The van der Waals surface area contributed by atoms with E-state index in [1.165, 1.54) is 0 Å². The first-order valence-corrected chi connectivity index (χ1v) is 7.09.